The first-order valence-corrected chi connectivity index (χ1v) is 9.07. The molecule has 1 aromatic rings. The van der Waals surface area contributed by atoms with Gasteiger partial charge < -0.3 is 25.2 Å². The number of rotatable bonds is 4. The van der Waals surface area contributed by atoms with Gasteiger partial charge in [0.05, 0.1) is 18.8 Å². The molecule has 0 aromatic heterocycles. The molecule has 25 heavy (non-hydrogen) atoms. The lowest BCUT2D eigenvalue weighted by molar-refractivity contribution is -0.0372. The van der Waals surface area contributed by atoms with Gasteiger partial charge in [-0.2, -0.15) is 0 Å². The number of amides is 2. The lowest BCUT2D eigenvalue weighted by atomic mass is 9.79. The SMILES string of the molecule is CC(C)COc1ccc(NC(=O)N2C[C@H]3C[C@H](O)[C@H](O)C[C@H]3C2)cc1. The van der Waals surface area contributed by atoms with Gasteiger partial charge in [-0.15, -0.1) is 0 Å². The number of ether oxygens (including phenoxy) is 1. The molecule has 1 aliphatic carbocycles. The van der Waals surface area contributed by atoms with Gasteiger partial charge in [-0.3, -0.25) is 0 Å². The number of aliphatic hydroxyl groups excluding tert-OH is 2. The van der Waals surface area contributed by atoms with Crippen LogP contribution in [0.3, 0.4) is 0 Å². The molecule has 1 aliphatic heterocycles. The molecule has 3 rings (SSSR count). The molecule has 2 amide bonds. The van der Waals surface area contributed by atoms with Crippen LogP contribution in [0.25, 0.3) is 0 Å². The monoisotopic (exact) mass is 348 g/mol. The number of nitrogens with one attached hydrogen (secondary N) is 1. The number of hydrogen-bond acceptors (Lipinski definition) is 4. The Morgan fingerprint density at radius 1 is 1.16 bits per heavy atom. The smallest absolute Gasteiger partial charge is 0.321 e. The Morgan fingerprint density at radius 2 is 1.72 bits per heavy atom. The number of carbonyl (C=O) groups is 1. The lowest BCUT2D eigenvalue weighted by Gasteiger charge is -2.31. The molecule has 6 nitrogen and oxygen atoms in total. The summed E-state index contributed by atoms with van der Waals surface area (Å²) in [5, 5.41) is 22.5. The van der Waals surface area contributed by atoms with Crippen LogP contribution in [-0.4, -0.2) is 53.0 Å². The first-order valence-electron chi connectivity index (χ1n) is 9.07. The standard InChI is InChI=1S/C19H28N2O4/c1-12(2)11-25-16-5-3-15(4-6-16)20-19(24)21-9-13-7-17(22)18(23)8-14(13)10-21/h3-6,12-14,17-18,22-23H,7-11H2,1-2H3,(H,20,24)/t13-,14+,17+,18-. The van der Waals surface area contributed by atoms with Crippen molar-refractivity contribution in [3.8, 4) is 5.75 Å². The average Bonchev–Trinajstić information content (AvgIpc) is 2.97. The Morgan fingerprint density at radius 3 is 2.24 bits per heavy atom. The van der Waals surface area contributed by atoms with Gasteiger partial charge in [-0.25, -0.2) is 4.79 Å². The highest BCUT2D eigenvalue weighted by atomic mass is 16.5. The Balaban J connectivity index is 1.52. The molecule has 0 spiro atoms. The molecule has 6 heteroatoms. The second-order valence-corrected chi connectivity index (χ2v) is 7.69. The van der Waals surface area contributed by atoms with Crippen LogP contribution in [0, 0.1) is 17.8 Å². The summed E-state index contributed by atoms with van der Waals surface area (Å²) in [6.07, 6.45) is -0.195. The molecule has 1 saturated carbocycles. The predicted molar refractivity (Wildman–Crippen MR) is 95.6 cm³/mol. The van der Waals surface area contributed by atoms with Crippen LogP contribution in [0.15, 0.2) is 24.3 Å². The number of urea groups is 1. The summed E-state index contributed by atoms with van der Waals surface area (Å²) in [5.41, 5.74) is 0.733. The number of benzene rings is 1. The highest BCUT2D eigenvalue weighted by Gasteiger charge is 2.42. The molecule has 2 fully saturated rings. The molecule has 1 saturated heterocycles. The highest BCUT2D eigenvalue weighted by molar-refractivity contribution is 5.89. The summed E-state index contributed by atoms with van der Waals surface area (Å²) in [5.74, 6) is 1.81. The molecular formula is C19H28N2O4. The van der Waals surface area contributed by atoms with Crippen LogP contribution >= 0.6 is 0 Å². The molecule has 4 atom stereocenters. The number of aliphatic hydroxyl groups is 2. The van der Waals surface area contributed by atoms with Gasteiger partial charge in [0.25, 0.3) is 0 Å². The maximum atomic E-state index is 12.5. The molecule has 0 bridgehead atoms. The minimum absolute atomic E-state index is 0.130. The van der Waals surface area contributed by atoms with Crippen LogP contribution in [0.4, 0.5) is 10.5 Å². The third-order valence-electron chi connectivity index (χ3n) is 5.09. The predicted octanol–water partition coefficient (Wildman–Crippen LogP) is 2.32. The summed E-state index contributed by atoms with van der Waals surface area (Å²) >= 11 is 0. The van der Waals surface area contributed by atoms with Crippen LogP contribution in [0.5, 0.6) is 5.75 Å². The third kappa shape index (κ3) is 4.44. The largest absolute Gasteiger partial charge is 0.493 e. The molecule has 0 radical (unpaired) electrons. The molecule has 3 N–H and O–H groups in total. The quantitative estimate of drug-likeness (QED) is 0.780. The maximum absolute atomic E-state index is 12.5. The summed E-state index contributed by atoms with van der Waals surface area (Å²) in [7, 11) is 0. The molecule has 1 heterocycles. The molecule has 138 valence electrons. The van der Waals surface area contributed by atoms with Gasteiger partial charge in [0.15, 0.2) is 0 Å². The van der Waals surface area contributed by atoms with Crippen molar-refractivity contribution in [1.29, 1.82) is 0 Å². The molecule has 2 aliphatic rings. The van der Waals surface area contributed by atoms with E-state index in [1.807, 2.05) is 24.3 Å². The van der Waals surface area contributed by atoms with E-state index in [9.17, 15) is 15.0 Å². The number of nitrogens with zero attached hydrogens (tertiary/aromatic N) is 1. The highest BCUT2D eigenvalue weighted by Crippen LogP contribution is 2.36. The van der Waals surface area contributed by atoms with Crippen molar-refractivity contribution in [3.05, 3.63) is 24.3 Å². The van der Waals surface area contributed by atoms with E-state index >= 15 is 0 Å². The second-order valence-electron chi connectivity index (χ2n) is 7.69. The van der Waals surface area contributed by atoms with Crippen molar-refractivity contribution < 1.29 is 19.7 Å². The average molecular weight is 348 g/mol. The van der Waals surface area contributed by atoms with E-state index in [-0.39, 0.29) is 17.9 Å². The zero-order valence-corrected chi connectivity index (χ0v) is 14.9. The summed E-state index contributed by atoms with van der Waals surface area (Å²) < 4.78 is 5.64. The fraction of sp³-hybridized carbons (Fsp3) is 0.632. The lowest BCUT2D eigenvalue weighted by Crippen LogP contribution is -2.38. The van der Waals surface area contributed by atoms with Gasteiger partial charge in [0.1, 0.15) is 5.75 Å². The van der Waals surface area contributed by atoms with Crippen molar-refractivity contribution in [2.75, 3.05) is 25.0 Å². The van der Waals surface area contributed by atoms with Crippen molar-refractivity contribution in [1.82, 2.24) is 4.90 Å². The summed E-state index contributed by atoms with van der Waals surface area (Å²) in [6, 6.07) is 7.26. The summed E-state index contributed by atoms with van der Waals surface area (Å²) in [4.78, 5) is 14.3. The van der Waals surface area contributed by atoms with E-state index in [1.54, 1.807) is 4.90 Å². The zero-order valence-electron chi connectivity index (χ0n) is 14.9. The van der Waals surface area contributed by atoms with Crippen molar-refractivity contribution in [3.63, 3.8) is 0 Å². The number of hydrogen-bond donors (Lipinski definition) is 3. The fourth-order valence-corrected chi connectivity index (χ4v) is 3.67. The van der Waals surface area contributed by atoms with Crippen LogP contribution < -0.4 is 10.1 Å². The number of fused-ring (bicyclic) bond motifs is 1. The van der Waals surface area contributed by atoms with Crippen LogP contribution in [0.1, 0.15) is 26.7 Å². The van der Waals surface area contributed by atoms with Crippen molar-refractivity contribution >= 4 is 11.7 Å². The maximum Gasteiger partial charge on any atom is 0.321 e. The number of carbonyl (C=O) groups excluding carboxylic acids is 1. The number of likely N-dealkylation sites (tertiary alicyclic amines) is 1. The van der Waals surface area contributed by atoms with E-state index in [1.165, 1.54) is 0 Å². The molecular weight excluding hydrogens is 320 g/mol. The van der Waals surface area contributed by atoms with E-state index in [0.29, 0.717) is 38.5 Å². The molecule has 0 unspecified atom stereocenters. The van der Waals surface area contributed by atoms with Crippen LogP contribution in [0.2, 0.25) is 0 Å². The topological polar surface area (TPSA) is 82.0 Å². The minimum Gasteiger partial charge on any atom is -0.493 e. The fourth-order valence-electron chi connectivity index (χ4n) is 3.67. The summed E-state index contributed by atoms with van der Waals surface area (Å²) in [6.45, 7) is 6.13. The van der Waals surface area contributed by atoms with E-state index in [0.717, 1.165) is 11.4 Å². The third-order valence-corrected chi connectivity index (χ3v) is 5.09. The Hall–Kier alpha value is -1.79. The Labute approximate surface area is 148 Å². The van der Waals surface area contributed by atoms with E-state index in [4.69, 9.17) is 4.74 Å². The first-order chi connectivity index (χ1) is 11.9. The van der Waals surface area contributed by atoms with Gasteiger partial charge in [-0.1, -0.05) is 13.8 Å². The number of anilines is 1. The van der Waals surface area contributed by atoms with E-state index < -0.39 is 12.2 Å². The molecule has 1 aromatic carbocycles. The normalized spacial score (nSPS) is 28.8. The van der Waals surface area contributed by atoms with Crippen molar-refractivity contribution in [2.45, 2.75) is 38.9 Å². The zero-order chi connectivity index (χ0) is 18.0. The van der Waals surface area contributed by atoms with E-state index in [2.05, 4.69) is 19.2 Å². The minimum atomic E-state index is -0.664. The van der Waals surface area contributed by atoms with Crippen molar-refractivity contribution in [2.24, 2.45) is 17.8 Å². The van der Waals surface area contributed by atoms with Gasteiger partial charge in [0.2, 0.25) is 0 Å². The Kier molecular flexibility index (Phi) is 5.49. The Bertz CT molecular complexity index is 572. The van der Waals surface area contributed by atoms with Gasteiger partial charge in [0, 0.05) is 18.8 Å². The van der Waals surface area contributed by atoms with Gasteiger partial charge in [-0.05, 0) is 54.9 Å². The van der Waals surface area contributed by atoms with Gasteiger partial charge >= 0.3 is 6.03 Å². The second kappa shape index (κ2) is 7.62. The van der Waals surface area contributed by atoms with Crippen LogP contribution in [-0.2, 0) is 0 Å². The first kappa shape index (κ1) is 18.0.